The third kappa shape index (κ3) is 2.41. The molecule has 0 N–H and O–H groups in total. The van der Waals surface area contributed by atoms with Gasteiger partial charge in [-0.3, -0.25) is 0 Å². The molecule has 13 heavy (non-hydrogen) atoms. The van der Waals surface area contributed by atoms with Crippen molar-refractivity contribution in [1.82, 2.24) is 15.2 Å². The van der Waals surface area contributed by atoms with Crippen molar-refractivity contribution in [2.75, 3.05) is 0 Å². The molecule has 0 atom stereocenters. The molecule has 0 saturated heterocycles. The summed E-state index contributed by atoms with van der Waals surface area (Å²) < 4.78 is 0. The molecule has 4 heteroatoms. The fraction of sp³-hybridized carbons (Fsp3) is 0. The third-order valence-electron chi connectivity index (χ3n) is 1.47. The van der Waals surface area contributed by atoms with E-state index in [1.807, 2.05) is 18.2 Å². The van der Waals surface area contributed by atoms with Crippen LogP contribution in [0.5, 0.6) is 0 Å². The maximum Gasteiger partial charge on any atom is 0.0124 e. The summed E-state index contributed by atoms with van der Waals surface area (Å²) in [6, 6.07) is 8.66. The van der Waals surface area contributed by atoms with Gasteiger partial charge in [-0.2, -0.15) is 11.2 Å². The van der Waals surface area contributed by atoms with E-state index in [-0.39, 0.29) is 20.1 Å². The van der Waals surface area contributed by atoms with Gasteiger partial charge in [0.15, 0.2) is 0 Å². The molecule has 0 fully saturated rings. The molecule has 0 amide bonds. The maximum absolute atomic E-state index is 4.15. The Bertz CT molecular complexity index is 312. The van der Waals surface area contributed by atoms with Gasteiger partial charge in [0.05, 0.1) is 0 Å². The molecule has 0 spiro atoms. The fourth-order valence-electron chi connectivity index (χ4n) is 0.922. The standard InChI is InChI=1S/C9H6N3.Ir/c1-2-5-10-9(3-1)8-4-6-11-12-7-8;/h1-3,5-7H;/q-1;. The quantitative estimate of drug-likeness (QED) is 0.730. The van der Waals surface area contributed by atoms with Crippen LogP contribution in [0.3, 0.4) is 0 Å². The third-order valence-corrected chi connectivity index (χ3v) is 1.47. The van der Waals surface area contributed by atoms with Gasteiger partial charge in [-0.15, -0.1) is 5.56 Å². The van der Waals surface area contributed by atoms with Crippen molar-refractivity contribution in [3.63, 3.8) is 0 Å². The summed E-state index contributed by atoms with van der Waals surface area (Å²) in [5.41, 5.74) is 1.73. The smallest absolute Gasteiger partial charge is 0.0124 e. The van der Waals surface area contributed by atoms with Gasteiger partial charge in [-0.25, -0.2) is 5.10 Å². The van der Waals surface area contributed by atoms with Crippen LogP contribution >= 0.6 is 0 Å². The Labute approximate surface area is 89.6 Å². The second-order valence-electron chi connectivity index (χ2n) is 2.26. The van der Waals surface area contributed by atoms with E-state index in [0.29, 0.717) is 0 Å². The molecular weight excluding hydrogens is 342 g/mol. The minimum atomic E-state index is 0. The van der Waals surface area contributed by atoms with Gasteiger partial charge in [-0.05, 0) is 18.0 Å². The topological polar surface area (TPSA) is 38.7 Å². The van der Waals surface area contributed by atoms with Gasteiger partial charge in [0.2, 0.25) is 0 Å². The molecule has 2 rings (SSSR count). The predicted octanol–water partition coefficient (Wildman–Crippen LogP) is 1.34. The van der Waals surface area contributed by atoms with Crippen molar-refractivity contribution in [3.05, 3.63) is 42.9 Å². The van der Waals surface area contributed by atoms with Gasteiger partial charge in [-0.1, -0.05) is 18.3 Å². The van der Waals surface area contributed by atoms with E-state index in [1.54, 1.807) is 12.4 Å². The molecule has 3 nitrogen and oxygen atoms in total. The van der Waals surface area contributed by atoms with Crippen LogP contribution in [0.4, 0.5) is 0 Å². The van der Waals surface area contributed by atoms with E-state index in [0.717, 1.165) is 11.3 Å². The van der Waals surface area contributed by atoms with E-state index in [9.17, 15) is 0 Å². The Balaban J connectivity index is 0.000000845. The van der Waals surface area contributed by atoms with Crippen LogP contribution in [0.15, 0.2) is 36.8 Å². The molecule has 67 valence electrons. The van der Waals surface area contributed by atoms with E-state index in [1.165, 1.54) is 6.20 Å². The number of nitrogens with zero attached hydrogens (tertiary/aromatic N) is 3. The van der Waals surface area contributed by atoms with E-state index in [4.69, 9.17) is 0 Å². The zero-order chi connectivity index (χ0) is 8.23. The van der Waals surface area contributed by atoms with Crippen molar-refractivity contribution in [1.29, 1.82) is 0 Å². The van der Waals surface area contributed by atoms with Gasteiger partial charge < -0.3 is 4.98 Å². The summed E-state index contributed by atoms with van der Waals surface area (Å²) in [4.78, 5) is 4.15. The minimum Gasteiger partial charge on any atom is -0.321 e. The molecule has 0 aliphatic carbocycles. The second kappa shape index (κ2) is 4.80. The number of hydrogen-bond acceptors (Lipinski definition) is 3. The molecule has 0 saturated carbocycles. The molecule has 0 aliphatic rings. The van der Waals surface area contributed by atoms with E-state index >= 15 is 0 Å². The first kappa shape index (κ1) is 9.96. The van der Waals surface area contributed by atoms with Crippen molar-refractivity contribution < 1.29 is 20.1 Å². The van der Waals surface area contributed by atoms with Crippen LogP contribution in [-0.2, 0) is 20.1 Å². The fourth-order valence-corrected chi connectivity index (χ4v) is 0.922. The van der Waals surface area contributed by atoms with Crippen LogP contribution in [0, 0.1) is 6.07 Å². The number of pyridine rings is 1. The molecule has 0 bridgehead atoms. The van der Waals surface area contributed by atoms with Crippen LogP contribution in [0.2, 0.25) is 0 Å². The molecule has 2 aromatic rings. The molecule has 0 unspecified atom stereocenters. The summed E-state index contributed by atoms with van der Waals surface area (Å²) in [5.74, 6) is 0. The molecule has 0 aromatic carbocycles. The SMILES string of the molecule is [Ir].[c-]1cnncc1-c1ccccn1. The Morgan fingerprint density at radius 2 is 2.08 bits per heavy atom. The number of aromatic nitrogens is 3. The number of hydrogen-bond donors (Lipinski definition) is 0. The van der Waals surface area contributed by atoms with Crippen LogP contribution in [0.1, 0.15) is 0 Å². The van der Waals surface area contributed by atoms with Crippen LogP contribution < -0.4 is 0 Å². The Morgan fingerprint density at radius 1 is 1.15 bits per heavy atom. The van der Waals surface area contributed by atoms with Crippen molar-refractivity contribution >= 4 is 0 Å². The summed E-state index contributed by atoms with van der Waals surface area (Å²) >= 11 is 0. The van der Waals surface area contributed by atoms with Crippen LogP contribution in [-0.4, -0.2) is 15.2 Å². The zero-order valence-corrected chi connectivity index (χ0v) is 9.03. The predicted molar refractivity (Wildman–Crippen MR) is 44.1 cm³/mol. The Hall–Kier alpha value is -1.12. The van der Waals surface area contributed by atoms with E-state index in [2.05, 4.69) is 21.2 Å². The number of rotatable bonds is 1. The van der Waals surface area contributed by atoms with Gasteiger partial charge in [0, 0.05) is 26.3 Å². The normalized spacial score (nSPS) is 8.92. The molecule has 2 aromatic heterocycles. The van der Waals surface area contributed by atoms with Gasteiger partial charge in [0.25, 0.3) is 0 Å². The monoisotopic (exact) mass is 349 g/mol. The molecule has 1 radical (unpaired) electrons. The molecule has 2 heterocycles. The summed E-state index contributed by atoms with van der Waals surface area (Å²) in [7, 11) is 0. The Kier molecular flexibility index (Phi) is 3.68. The second-order valence-corrected chi connectivity index (χ2v) is 2.26. The first-order valence-corrected chi connectivity index (χ1v) is 3.56. The van der Waals surface area contributed by atoms with Gasteiger partial charge in [0.1, 0.15) is 0 Å². The van der Waals surface area contributed by atoms with Crippen LogP contribution in [0.25, 0.3) is 11.3 Å². The average molecular weight is 348 g/mol. The van der Waals surface area contributed by atoms with Gasteiger partial charge >= 0.3 is 0 Å². The zero-order valence-electron chi connectivity index (χ0n) is 6.64. The maximum atomic E-state index is 4.15. The summed E-state index contributed by atoms with van der Waals surface area (Å²) in [5, 5.41) is 7.38. The first-order chi connectivity index (χ1) is 5.97. The minimum absolute atomic E-state index is 0. The molecular formula is C9H6IrN3-. The first-order valence-electron chi connectivity index (χ1n) is 3.56. The summed E-state index contributed by atoms with van der Waals surface area (Å²) in [6.07, 6.45) is 4.91. The van der Waals surface area contributed by atoms with E-state index < -0.39 is 0 Å². The average Bonchev–Trinajstić information content (AvgIpc) is 2.21. The van der Waals surface area contributed by atoms with Crippen molar-refractivity contribution in [2.45, 2.75) is 0 Å². The largest absolute Gasteiger partial charge is 0.321 e. The van der Waals surface area contributed by atoms with Crippen molar-refractivity contribution in [2.24, 2.45) is 0 Å². The molecule has 0 aliphatic heterocycles. The Morgan fingerprint density at radius 3 is 2.69 bits per heavy atom. The van der Waals surface area contributed by atoms with Crippen molar-refractivity contribution in [3.8, 4) is 11.3 Å². The summed E-state index contributed by atoms with van der Waals surface area (Å²) in [6.45, 7) is 0.